The number of hydrogen-bond acceptors (Lipinski definition) is 7. The molecule has 0 aliphatic carbocycles. The minimum absolute atomic E-state index is 0.231. The lowest BCUT2D eigenvalue weighted by Gasteiger charge is -2.34. The molecule has 4 rings (SSSR count). The molecule has 0 atom stereocenters. The number of piperidine rings is 1. The van der Waals surface area contributed by atoms with Crippen LogP contribution in [0.5, 0.6) is 0 Å². The van der Waals surface area contributed by atoms with E-state index >= 15 is 0 Å². The van der Waals surface area contributed by atoms with Crippen molar-refractivity contribution in [3.63, 3.8) is 0 Å². The zero-order valence-electron chi connectivity index (χ0n) is 17.8. The van der Waals surface area contributed by atoms with E-state index in [-0.39, 0.29) is 6.10 Å². The van der Waals surface area contributed by atoms with Crippen molar-refractivity contribution in [2.24, 2.45) is 0 Å². The fourth-order valence-electron chi connectivity index (χ4n) is 4.06. The Kier molecular flexibility index (Phi) is 7.33. The van der Waals surface area contributed by atoms with Crippen LogP contribution in [0.25, 0.3) is 0 Å². The second kappa shape index (κ2) is 10.8. The lowest BCUT2D eigenvalue weighted by molar-refractivity contribution is 0.0594. The molecule has 7 nitrogen and oxygen atoms in total. The lowest BCUT2D eigenvalue weighted by Crippen LogP contribution is -2.46. The third-order valence-electron chi connectivity index (χ3n) is 5.84. The number of nitriles is 1. The van der Waals surface area contributed by atoms with Crippen LogP contribution in [-0.4, -0.2) is 73.4 Å². The summed E-state index contributed by atoms with van der Waals surface area (Å²) in [4.78, 5) is 15.5. The van der Waals surface area contributed by atoms with Crippen molar-refractivity contribution in [2.75, 3.05) is 62.2 Å². The van der Waals surface area contributed by atoms with Gasteiger partial charge in [-0.25, -0.2) is 9.97 Å². The second-order valence-electron chi connectivity index (χ2n) is 7.79. The molecule has 0 unspecified atom stereocenters. The van der Waals surface area contributed by atoms with Gasteiger partial charge in [0.1, 0.15) is 18.5 Å². The Morgan fingerprint density at radius 3 is 2.45 bits per heavy atom. The van der Waals surface area contributed by atoms with Gasteiger partial charge in [0, 0.05) is 51.7 Å². The fraction of sp³-hybridized carbons (Fsp3) is 0.458. The highest BCUT2D eigenvalue weighted by atomic mass is 16.5. The number of hydrogen-bond donors (Lipinski definition) is 0. The van der Waals surface area contributed by atoms with Crippen LogP contribution in [0, 0.1) is 23.2 Å². The van der Waals surface area contributed by atoms with Gasteiger partial charge in [0.25, 0.3) is 0 Å². The standard InChI is InChI=1S/C24H28N6O/c25-20-22-23(6-5-11-26-22)29-13-8-21(9-14-29)31-19-4-3-12-28-15-17-30(18-16-28)24-7-1-2-10-27-24/h1-2,5-7,10-11,21H,8-9,12-19H2. The van der Waals surface area contributed by atoms with Crippen molar-refractivity contribution in [3.05, 3.63) is 48.4 Å². The van der Waals surface area contributed by atoms with Crippen LogP contribution in [0.4, 0.5) is 11.5 Å². The Hall–Kier alpha value is -3.13. The van der Waals surface area contributed by atoms with E-state index in [2.05, 4.69) is 48.6 Å². The molecular weight excluding hydrogens is 388 g/mol. The lowest BCUT2D eigenvalue weighted by atomic mass is 10.1. The topological polar surface area (TPSA) is 68.5 Å². The van der Waals surface area contributed by atoms with Crippen molar-refractivity contribution in [1.29, 1.82) is 5.26 Å². The van der Waals surface area contributed by atoms with Crippen molar-refractivity contribution >= 4 is 11.5 Å². The molecule has 0 bridgehead atoms. The first-order chi connectivity index (χ1) is 15.3. The average Bonchev–Trinajstić information content (AvgIpc) is 2.85. The van der Waals surface area contributed by atoms with Gasteiger partial charge in [-0.3, -0.25) is 4.90 Å². The highest BCUT2D eigenvalue weighted by Gasteiger charge is 2.21. The van der Waals surface area contributed by atoms with Gasteiger partial charge in [0.2, 0.25) is 0 Å². The van der Waals surface area contributed by atoms with Crippen LogP contribution >= 0.6 is 0 Å². The predicted octanol–water partition coefficient (Wildman–Crippen LogP) is 2.16. The first-order valence-electron chi connectivity index (χ1n) is 10.9. The molecule has 0 spiro atoms. The average molecular weight is 417 g/mol. The molecule has 2 aliphatic heterocycles. The number of nitrogens with zero attached hydrogens (tertiary/aromatic N) is 6. The number of anilines is 2. The van der Waals surface area contributed by atoms with E-state index in [1.807, 2.05) is 30.5 Å². The Morgan fingerprint density at radius 1 is 0.903 bits per heavy atom. The van der Waals surface area contributed by atoms with Gasteiger partial charge in [-0.15, -0.1) is 0 Å². The third kappa shape index (κ3) is 5.73. The minimum atomic E-state index is 0.231. The van der Waals surface area contributed by atoms with E-state index < -0.39 is 0 Å². The summed E-state index contributed by atoms with van der Waals surface area (Å²) in [6.45, 7) is 6.99. The Balaban J connectivity index is 1.13. The van der Waals surface area contributed by atoms with E-state index in [0.717, 1.165) is 70.2 Å². The van der Waals surface area contributed by atoms with Gasteiger partial charge < -0.3 is 14.5 Å². The fourth-order valence-corrected chi connectivity index (χ4v) is 4.06. The van der Waals surface area contributed by atoms with Crippen LogP contribution < -0.4 is 9.80 Å². The molecule has 2 saturated heterocycles. The molecule has 160 valence electrons. The molecule has 0 aromatic carbocycles. The SMILES string of the molecule is N#Cc1ncccc1N1CCC(OCC#CCN2CCN(c3ccccn3)CC2)CC1. The molecular formula is C24H28N6O. The molecule has 0 N–H and O–H groups in total. The molecule has 0 amide bonds. The maximum absolute atomic E-state index is 9.24. The largest absolute Gasteiger partial charge is 0.369 e. The minimum Gasteiger partial charge on any atom is -0.369 e. The maximum Gasteiger partial charge on any atom is 0.163 e. The normalized spacial score (nSPS) is 17.6. The van der Waals surface area contributed by atoms with Crippen molar-refractivity contribution in [3.8, 4) is 17.9 Å². The summed E-state index contributed by atoms with van der Waals surface area (Å²) < 4.78 is 5.97. The zero-order chi connectivity index (χ0) is 21.3. The van der Waals surface area contributed by atoms with E-state index in [9.17, 15) is 5.26 Å². The highest BCUT2D eigenvalue weighted by Crippen LogP contribution is 2.23. The number of ether oxygens (including phenoxy) is 1. The van der Waals surface area contributed by atoms with Gasteiger partial charge in [-0.05, 0) is 37.1 Å². The highest BCUT2D eigenvalue weighted by molar-refractivity contribution is 5.55. The molecule has 0 radical (unpaired) electrons. The number of piperazine rings is 1. The van der Waals surface area contributed by atoms with Crippen LogP contribution in [0.1, 0.15) is 18.5 Å². The second-order valence-corrected chi connectivity index (χ2v) is 7.79. The van der Waals surface area contributed by atoms with Crippen LogP contribution in [0.15, 0.2) is 42.7 Å². The van der Waals surface area contributed by atoms with Crippen LogP contribution in [0.3, 0.4) is 0 Å². The predicted molar refractivity (Wildman–Crippen MR) is 121 cm³/mol. The number of pyridine rings is 2. The van der Waals surface area contributed by atoms with Gasteiger partial charge in [0.05, 0.1) is 18.3 Å². The summed E-state index contributed by atoms with van der Waals surface area (Å²) in [5.41, 5.74) is 1.42. The third-order valence-corrected chi connectivity index (χ3v) is 5.84. The Morgan fingerprint density at radius 2 is 1.71 bits per heavy atom. The molecule has 7 heteroatoms. The maximum atomic E-state index is 9.24. The van der Waals surface area contributed by atoms with Crippen molar-refractivity contribution in [2.45, 2.75) is 18.9 Å². The number of rotatable bonds is 5. The van der Waals surface area contributed by atoms with Crippen LogP contribution in [-0.2, 0) is 4.74 Å². The van der Waals surface area contributed by atoms with E-state index in [0.29, 0.717) is 12.3 Å². The number of aromatic nitrogens is 2. The smallest absolute Gasteiger partial charge is 0.163 e. The molecule has 2 fully saturated rings. The van der Waals surface area contributed by atoms with E-state index in [1.54, 1.807) is 6.20 Å². The van der Waals surface area contributed by atoms with Crippen molar-refractivity contribution in [1.82, 2.24) is 14.9 Å². The first kappa shape index (κ1) is 21.1. The van der Waals surface area contributed by atoms with E-state index in [4.69, 9.17) is 4.74 Å². The summed E-state index contributed by atoms with van der Waals surface area (Å²) in [7, 11) is 0. The first-order valence-corrected chi connectivity index (χ1v) is 10.9. The molecule has 2 aromatic rings. The zero-order valence-corrected chi connectivity index (χ0v) is 17.8. The van der Waals surface area contributed by atoms with Crippen molar-refractivity contribution < 1.29 is 4.74 Å². The van der Waals surface area contributed by atoms with Gasteiger partial charge in [-0.2, -0.15) is 5.26 Å². The quantitative estimate of drug-likeness (QED) is 0.692. The summed E-state index contributed by atoms with van der Waals surface area (Å²) in [6.07, 6.45) is 5.62. The molecule has 2 aromatic heterocycles. The van der Waals surface area contributed by atoms with Gasteiger partial charge >= 0.3 is 0 Å². The van der Waals surface area contributed by atoms with Crippen LogP contribution in [0.2, 0.25) is 0 Å². The summed E-state index contributed by atoms with van der Waals surface area (Å²) >= 11 is 0. The van der Waals surface area contributed by atoms with Gasteiger partial charge in [0.15, 0.2) is 5.69 Å². The summed E-state index contributed by atoms with van der Waals surface area (Å²) in [6, 6.07) is 12.1. The Bertz CT molecular complexity index is 932. The van der Waals surface area contributed by atoms with Gasteiger partial charge in [-0.1, -0.05) is 17.9 Å². The molecule has 31 heavy (non-hydrogen) atoms. The molecule has 2 aliphatic rings. The molecule has 0 saturated carbocycles. The molecule has 4 heterocycles. The monoisotopic (exact) mass is 416 g/mol. The summed E-state index contributed by atoms with van der Waals surface area (Å²) in [5.74, 6) is 7.49. The van der Waals surface area contributed by atoms with E-state index in [1.165, 1.54) is 0 Å². The summed E-state index contributed by atoms with van der Waals surface area (Å²) in [5, 5.41) is 9.24. The Labute approximate surface area is 184 Å².